The molecule has 10 heteroatoms. The van der Waals surface area contributed by atoms with Crippen LogP contribution in [0.15, 0.2) is 0 Å². The second kappa shape index (κ2) is 8.00. The molecule has 0 bridgehead atoms. The Morgan fingerprint density at radius 3 is 1.84 bits per heavy atom. The molecule has 0 fully saturated rings. The number of hydrogen-bond donors (Lipinski definition) is 6. The van der Waals surface area contributed by atoms with Crippen LogP contribution in [0.3, 0.4) is 0 Å². The summed E-state index contributed by atoms with van der Waals surface area (Å²) >= 11 is 0. The Kier molecular flexibility index (Phi) is 7.07. The third kappa shape index (κ3) is 7.68. The zero-order valence-electron chi connectivity index (χ0n) is 9.83. The Balaban J connectivity index is 4.41. The highest BCUT2D eigenvalue weighted by Crippen LogP contribution is 1.94. The molecule has 0 aliphatic carbocycles. The predicted molar refractivity (Wildman–Crippen MR) is 60.3 cm³/mol. The molecular weight excluding hydrogens is 262 g/mol. The Hall–Kier alpha value is -2.20. The third-order valence-corrected chi connectivity index (χ3v) is 2.07. The van der Waals surface area contributed by atoms with Gasteiger partial charge in [-0.3, -0.25) is 24.5 Å². The second-order valence-electron chi connectivity index (χ2n) is 3.63. The van der Waals surface area contributed by atoms with E-state index in [-0.39, 0.29) is 6.54 Å². The number of carboxylic acids is 3. The van der Waals surface area contributed by atoms with Crippen LogP contribution >= 0.6 is 0 Å². The van der Waals surface area contributed by atoms with Crippen molar-refractivity contribution in [1.29, 1.82) is 0 Å². The summed E-state index contributed by atoms with van der Waals surface area (Å²) in [5, 5.41) is 30.6. The van der Waals surface area contributed by atoms with E-state index in [0.29, 0.717) is 0 Å². The first kappa shape index (κ1) is 16.8. The minimum Gasteiger partial charge on any atom is -0.481 e. The molecule has 7 N–H and O–H groups in total. The molecule has 1 unspecified atom stereocenters. The Bertz CT molecular complexity index is 371. The molecule has 0 aromatic rings. The van der Waals surface area contributed by atoms with Gasteiger partial charge in [-0.1, -0.05) is 0 Å². The molecule has 0 aromatic carbocycles. The van der Waals surface area contributed by atoms with Gasteiger partial charge in [0, 0.05) is 6.54 Å². The number of amides is 1. The van der Waals surface area contributed by atoms with Crippen molar-refractivity contribution in [2.75, 3.05) is 13.1 Å². The number of nitrogens with two attached hydrogens (primary N) is 1. The average molecular weight is 277 g/mol. The lowest BCUT2D eigenvalue weighted by Gasteiger charge is -2.17. The number of carbonyl (C=O) groups is 4. The molecule has 0 rings (SSSR count). The summed E-state index contributed by atoms with van der Waals surface area (Å²) in [6.45, 7) is -0.762. The van der Waals surface area contributed by atoms with Crippen LogP contribution in [0.4, 0.5) is 0 Å². The first-order valence-corrected chi connectivity index (χ1v) is 5.16. The highest BCUT2D eigenvalue weighted by atomic mass is 16.4. The fourth-order valence-electron chi connectivity index (χ4n) is 1.15. The zero-order valence-corrected chi connectivity index (χ0v) is 9.83. The van der Waals surface area contributed by atoms with Crippen molar-refractivity contribution < 1.29 is 34.5 Å². The predicted octanol–water partition coefficient (Wildman–Crippen LogP) is -2.97. The van der Waals surface area contributed by atoms with Gasteiger partial charge in [0.25, 0.3) is 0 Å². The van der Waals surface area contributed by atoms with Crippen LogP contribution in [0.2, 0.25) is 0 Å². The molecule has 0 aliphatic rings. The van der Waals surface area contributed by atoms with E-state index in [1.54, 1.807) is 0 Å². The molecular formula is C9H15N3O7. The Labute approximate surface area is 107 Å². The van der Waals surface area contributed by atoms with E-state index in [4.69, 9.17) is 21.1 Å². The minimum atomic E-state index is -1.42. The topological polar surface area (TPSA) is 179 Å². The summed E-state index contributed by atoms with van der Waals surface area (Å²) < 4.78 is 0. The summed E-state index contributed by atoms with van der Waals surface area (Å²) in [4.78, 5) is 42.4. The summed E-state index contributed by atoms with van der Waals surface area (Å²) in [5.74, 6) is -4.85. The van der Waals surface area contributed by atoms with Gasteiger partial charge in [-0.2, -0.15) is 0 Å². The van der Waals surface area contributed by atoms with Gasteiger partial charge in [0.2, 0.25) is 5.91 Å². The number of aliphatic carboxylic acids is 3. The number of primary amides is 1. The highest BCUT2D eigenvalue weighted by molar-refractivity contribution is 5.81. The lowest BCUT2D eigenvalue weighted by molar-refractivity contribution is -0.146. The smallest absolute Gasteiger partial charge is 0.322 e. The van der Waals surface area contributed by atoms with Crippen molar-refractivity contribution in [1.82, 2.24) is 10.6 Å². The number of nitrogens with one attached hydrogen (secondary N) is 2. The molecule has 19 heavy (non-hydrogen) atoms. The van der Waals surface area contributed by atoms with Crippen molar-refractivity contribution in [2.24, 2.45) is 5.73 Å². The van der Waals surface area contributed by atoms with Crippen LogP contribution in [0.1, 0.15) is 6.42 Å². The molecule has 0 saturated heterocycles. The van der Waals surface area contributed by atoms with Crippen LogP contribution in [0.25, 0.3) is 0 Å². The molecule has 0 aromatic heterocycles. The van der Waals surface area contributed by atoms with Gasteiger partial charge < -0.3 is 26.4 Å². The van der Waals surface area contributed by atoms with Crippen molar-refractivity contribution in [3.8, 4) is 0 Å². The minimum absolute atomic E-state index is 0.368. The summed E-state index contributed by atoms with van der Waals surface area (Å²) in [6.07, 6.45) is -0.697. The summed E-state index contributed by atoms with van der Waals surface area (Å²) in [7, 11) is 0. The van der Waals surface area contributed by atoms with Crippen LogP contribution in [0, 0.1) is 0 Å². The van der Waals surface area contributed by atoms with Crippen LogP contribution in [0.5, 0.6) is 0 Å². The van der Waals surface area contributed by atoms with Gasteiger partial charge in [0.05, 0.1) is 13.0 Å². The number of hydrogen-bond acceptors (Lipinski definition) is 6. The first-order chi connectivity index (χ1) is 8.73. The molecule has 10 nitrogen and oxygen atoms in total. The van der Waals surface area contributed by atoms with Crippen LogP contribution in [-0.4, -0.2) is 64.3 Å². The molecule has 0 saturated carbocycles. The van der Waals surface area contributed by atoms with Gasteiger partial charge in [-0.15, -0.1) is 0 Å². The second-order valence-corrected chi connectivity index (χ2v) is 3.63. The lowest BCUT2D eigenvalue weighted by atomic mass is 10.2. The fourth-order valence-corrected chi connectivity index (χ4v) is 1.15. The highest BCUT2D eigenvalue weighted by Gasteiger charge is 2.24. The van der Waals surface area contributed by atoms with Gasteiger partial charge in [-0.05, 0) is 0 Å². The molecule has 0 radical (unpaired) electrons. The maximum atomic E-state index is 10.8. The molecule has 0 aliphatic heterocycles. The molecule has 108 valence electrons. The van der Waals surface area contributed by atoms with Crippen molar-refractivity contribution in [3.05, 3.63) is 0 Å². The summed E-state index contributed by atoms with van der Waals surface area (Å²) in [6, 6.07) is -2.68. The van der Waals surface area contributed by atoms with E-state index in [1.807, 2.05) is 0 Å². The van der Waals surface area contributed by atoms with Crippen LogP contribution < -0.4 is 16.4 Å². The first-order valence-electron chi connectivity index (χ1n) is 5.16. The van der Waals surface area contributed by atoms with Gasteiger partial charge in [0.15, 0.2) is 0 Å². The number of rotatable bonds is 10. The zero-order chi connectivity index (χ0) is 15.0. The third-order valence-electron chi connectivity index (χ3n) is 2.07. The van der Waals surface area contributed by atoms with E-state index >= 15 is 0 Å². The van der Waals surface area contributed by atoms with E-state index in [2.05, 4.69) is 10.6 Å². The monoisotopic (exact) mass is 277 g/mol. The van der Waals surface area contributed by atoms with Crippen molar-refractivity contribution in [3.63, 3.8) is 0 Å². The van der Waals surface area contributed by atoms with E-state index in [1.165, 1.54) is 0 Å². The van der Waals surface area contributed by atoms with E-state index in [0.717, 1.165) is 0 Å². The van der Waals surface area contributed by atoms with Gasteiger partial charge >= 0.3 is 17.9 Å². The Morgan fingerprint density at radius 2 is 1.47 bits per heavy atom. The van der Waals surface area contributed by atoms with Crippen LogP contribution in [-0.2, 0) is 19.2 Å². The lowest BCUT2D eigenvalue weighted by Crippen LogP contribution is -2.51. The van der Waals surface area contributed by atoms with Gasteiger partial charge in [0.1, 0.15) is 12.1 Å². The normalized spacial score (nSPS) is 13.5. The Morgan fingerprint density at radius 1 is 0.947 bits per heavy atom. The van der Waals surface area contributed by atoms with E-state index < -0.39 is 48.9 Å². The molecule has 1 amide bonds. The number of carboxylic acid groups (broad SMARTS) is 3. The largest absolute Gasteiger partial charge is 0.481 e. The fraction of sp³-hybridized carbons (Fsp3) is 0.556. The maximum absolute atomic E-state index is 10.8. The van der Waals surface area contributed by atoms with E-state index in [9.17, 15) is 19.2 Å². The average Bonchev–Trinajstić information content (AvgIpc) is 2.25. The standard InChI is InChI=1S/C9H15N3O7/c10-6(13)3-12-5(9(18)19)2-11-4(8(16)17)1-7(14)15/h4-5,11-12H,1-3H2,(H2,10,13)(H,14,15)(H,16,17)(H,18,19)/t4-,5?/m0/s1. The van der Waals surface area contributed by atoms with Gasteiger partial charge in [-0.25, -0.2) is 0 Å². The quantitative estimate of drug-likeness (QED) is 0.243. The molecule has 2 atom stereocenters. The van der Waals surface area contributed by atoms with Crippen molar-refractivity contribution in [2.45, 2.75) is 18.5 Å². The molecule has 0 heterocycles. The SMILES string of the molecule is NC(=O)CNC(CN[C@@H](CC(=O)O)C(=O)O)C(=O)O. The molecule has 0 spiro atoms. The summed E-state index contributed by atoms with van der Waals surface area (Å²) in [5.41, 5.74) is 4.82. The van der Waals surface area contributed by atoms with Crippen molar-refractivity contribution >= 4 is 23.8 Å². The maximum Gasteiger partial charge on any atom is 0.322 e. The number of carbonyl (C=O) groups excluding carboxylic acids is 1.